The molecule has 0 bridgehead atoms. The van der Waals surface area contributed by atoms with Crippen LogP contribution in [0, 0.1) is 17.7 Å². The van der Waals surface area contributed by atoms with Gasteiger partial charge in [-0.1, -0.05) is 13.8 Å². The van der Waals surface area contributed by atoms with Gasteiger partial charge in [0.2, 0.25) is 0 Å². The lowest BCUT2D eigenvalue weighted by Crippen LogP contribution is -2.28. The van der Waals surface area contributed by atoms with E-state index >= 15 is 0 Å². The Labute approximate surface area is 95.1 Å². The molecule has 16 heavy (non-hydrogen) atoms. The smallest absolute Gasteiger partial charge is 0.253 e. The fourth-order valence-corrected chi connectivity index (χ4v) is 2.07. The minimum atomic E-state index is -0.306. The zero-order chi connectivity index (χ0) is 11.7. The van der Waals surface area contributed by atoms with Crippen molar-refractivity contribution in [2.24, 2.45) is 11.8 Å². The summed E-state index contributed by atoms with van der Waals surface area (Å²) >= 11 is 0. The number of benzene rings is 1. The SMILES string of the molecule is CC1CN(C(=O)c2ccc(F)cc2)CC1C. The van der Waals surface area contributed by atoms with Gasteiger partial charge in [0.05, 0.1) is 0 Å². The van der Waals surface area contributed by atoms with Crippen LogP contribution >= 0.6 is 0 Å². The first-order valence-electron chi connectivity index (χ1n) is 5.63. The van der Waals surface area contributed by atoms with Crippen LogP contribution in [0.5, 0.6) is 0 Å². The molecule has 86 valence electrons. The maximum atomic E-state index is 12.7. The highest BCUT2D eigenvalue weighted by Gasteiger charge is 2.29. The molecule has 0 spiro atoms. The summed E-state index contributed by atoms with van der Waals surface area (Å²) in [6.07, 6.45) is 0. The molecule has 1 aliphatic heterocycles. The number of nitrogens with zero attached hydrogens (tertiary/aromatic N) is 1. The molecular formula is C13H16FNO. The van der Waals surface area contributed by atoms with Crippen LogP contribution in [0.15, 0.2) is 24.3 Å². The predicted molar refractivity (Wildman–Crippen MR) is 60.6 cm³/mol. The lowest BCUT2D eigenvalue weighted by molar-refractivity contribution is 0.0785. The summed E-state index contributed by atoms with van der Waals surface area (Å²) in [6.45, 7) is 5.92. The van der Waals surface area contributed by atoms with Crippen LogP contribution in [-0.2, 0) is 0 Å². The molecule has 0 N–H and O–H groups in total. The Balaban J connectivity index is 2.11. The van der Waals surface area contributed by atoms with Gasteiger partial charge in [-0.15, -0.1) is 0 Å². The molecule has 0 aromatic heterocycles. The van der Waals surface area contributed by atoms with Crippen LogP contribution in [0.4, 0.5) is 4.39 Å². The molecule has 0 radical (unpaired) electrons. The zero-order valence-corrected chi connectivity index (χ0v) is 9.61. The number of hydrogen-bond acceptors (Lipinski definition) is 1. The Morgan fingerprint density at radius 3 is 2.19 bits per heavy atom. The van der Waals surface area contributed by atoms with Crippen LogP contribution in [-0.4, -0.2) is 23.9 Å². The first-order valence-corrected chi connectivity index (χ1v) is 5.63. The highest BCUT2D eigenvalue weighted by molar-refractivity contribution is 5.94. The van der Waals surface area contributed by atoms with Crippen LogP contribution < -0.4 is 0 Å². The summed E-state index contributed by atoms with van der Waals surface area (Å²) in [7, 11) is 0. The molecule has 2 rings (SSSR count). The Kier molecular flexibility index (Phi) is 2.95. The quantitative estimate of drug-likeness (QED) is 0.713. The van der Waals surface area contributed by atoms with E-state index in [9.17, 15) is 9.18 Å². The van der Waals surface area contributed by atoms with E-state index in [1.165, 1.54) is 12.1 Å². The lowest BCUT2D eigenvalue weighted by atomic mass is 10.0. The number of hydrogen-bond donors (Lipinski definition) is 0. The second-order valence-electron chi connectivity index (χ2n) is 4.67. The normalized spacial score (nSPS) is 24.8. The fourth-order valence-electron chi connectivity index (χ4n) is 2.07. The van der Waals surface area contributed by atoms with E-state index in [2.05, 4.69) is 13.8 Å². The minimum Gasteiger partial charge on any atom is -0.338 e. The molecule has 2 nitrogen and oxygen atoms in total. The maximum Gasteiger partial charge on any atom is 0.253 e. The third kappa shape index (κ3) is 2.08. The van der Waals surface area contributed by atoms with Crippen LogP contribution in [0.1, 0.15) is 24.2 Å². The van der Waals surface area contributed by atoms with Crippen molar-refractivity contribution in [1.82, 2.24) is 4.90 Å². The summed E-state index contributed by atoms with van der Waals surface area (Å²) in [5, 5.41) is 0. The van der Waals surface area contributed by atoms with E-state index in [1.54, 1.807) is 12.1 Å². The van der Waals surface area contributed by atoms with Crippen LogP contribution in [0.25, 0.3) is 0 Å². The van der Waals surface area contributed by atoms with Crippen molar-refractivity contribution in [1.29, 1.82) is 0 Å². The molecule has 1 heterocycles. The summed E-state index contributed by atoms with van der Waals surface area (Å²) in [5.74, 6) is 0.796. The molecule has 2 unspecified atom stereocenters. The Bertz CT molecular complexity index is 377. The third-order valence-electron chi connectivity index (χ3n) is 3.37. The number of carbonyl (C=O) groups excluding carboxylic acids is 1. The van der Waals surface area contributed by atoms with E-state index in [-0.39, 0.29) is 11.7 Å². The largest absolute Gasteiger partial charge is 0.338 e. The Morgan fingerprint density at radius 1 is 1.19 bits per heavy atom. The molecule has 1 aromatic rings. The predicted octanol–water partition coefficient (Wildman–Crippen LogP) is 2.55. The number of likely N-dealkylation sites (tertiary alicyclic amines) is 1. The molecule has 0 saturated carbocycles. The molecule has 1 aliphatic rings. The van der Waals surface area contributed by atoms with Crippen molar-refractivity contribution >= 4 is 5.91 Å². The summed E-state index contributed by atoms with van der Waals surface area (Å²) in [6, 6.07) is 5.75. The van der Waals surface area contributed by atoms with Crippen molar-refractivity contribution in [3.63, 3.8) is 0 Å². The number of rotatable bonds is 1. The monoisotopic (exact) mass is 221 g/mol. The average Bonchev–Trinajstić information content (AvgIpc) is 2.59. The second-order valence-corrected chi connectivity index (χ2v) is 4.67. The van der Waals surface area contributed by atoms with Gasteiger partial charge in [-0.2, -0.15) is 0 Å². The van der Waals surface area contributed by atoms with Gasteiger partial charge in [0.1, 0.15) is 5.82 Å². The fraction of sp³-hybridized carbons (Fsp3) is 0.462. The molecular weight excluding hydrogens is 205 g/mol. The minimum absolute atomic E-state index is 0.0104. The number of carbonyl (C=O) groups is 1. The van der Waals surface area contributed by atoms with Crippen molar-refractivity contribution in [3.05, 3.63) is 35.6 Å². The highest BCUT2D eigenvalue weighted by atomic mass is 19.1. The van der Waals surface area contributed by atoms with E-state index < -0.39 is 0 Å². The highest BCUT2D eigenvalue weighted by Crippen LogP contribution is 2.23. The van der Waals surface area contributed by atoms with Crippen molar-refractivity contribution in [3.8, 4) is 0 Å². The zero-order valence-electron chi connectivity index (χ0n) is 9.61. The Morgan fingerprint density at radius 2 is 1.69 bits per heavy atom. The van der Waals surface area contributed by atoms with Crippen molar-refractivity contribution in [2.45, 2.75) is 13.8 Å². The molecule has 1 aromatic carbocycles. The summed E-state index contributed by atoms with van der Waals surface area (Å²) in [4.78, 5) is 13.9. The standard InChI is InChI=1S/C13H16FNO/c1-9-7-15(8-10(9)2)13(16)11-3-5-12(14)6-4-11/h3-6,9-10H,7-8H2,1-2H3. The first kappa shape index (κ1) is 11.1. The van der Waals surface area contributed by atoms with Gasteiger partial charge in [-0.05, 0) is 36.1 Å². The molecule has 1 fully saturated rings. The topological polar surface area (TPSA) is 20.3 Å². The van der Waals surface area contributed by atoms with Gasteiger partial charge in [0, 0.05) is 18.7 Å². The van der Waals surface area contributed by atoms with E-state index in [0.29, 0.717) is 17.4 Å². The average molecular weight is 221 g/mol. The Hall–Kier alpha value is -1.38. The molecule has 1 saturated heterocycles. The van der Waals surface area contributed by atoms with E-state index in [4.69, 9.17) is 0 Å². The molecule has 1 amide bonds. The number of amides is 1. The van der Waals surface area contributed by atoms with Crippen molar-refractivity contribution < 1.29 is 9.18 Å². The maximum absolute atomic E-state index is 12.7. The van der Waals surface area contributed by atoms with Gasteiger partial charge >= 0.3 is 0 Å². The van der Waals surface area contributed by atoms with Gasteiger partial charge in [-0.25, -0.2) is 4.39 Å². The van der Waals surface area contributed by atoms with Crippen molar-refractivity contribution in [2.75, 3.05) is 13.1 Å². The van der Waals surface area contributed by atoms with Gasteiger partial charge < -0.3 is 4.90 Å². The molecule has 0 aliphatic carbocycles. The van der Waals surface area contributed by atoms with Gasteiger partial charge in [0.25, 0.3) is 5.91 Å². The summed E-state index contributed by atoms with van der Waals surface area (Å²) < 4.78 is 12.7. The van der Waals surface area contributed by atoms with E-state index in [0.717, 1.165) is 13.1 Å². The second kappa shape index (κ2) is 4.24. The third-order valence-corrected chi connectivity index (χ3v) is 3.37. The lowest BCUT2D eigenvalue weighted by Gasteiger charge is -2.15. The first-order chi connectivity index (χ1) is 7.58. The van der Waals surface area contributed by atoms with Crippen LogP contribution in [0.3, 0.4) is 0 Å². The summed E-state index contributed by atoms with van der Waals surface area (Å²) in [5.41, 5.74) is 0.572. The van der Waals surface area contributed by atoms with E-state index in [1.807, 2.05) is 4.90 Å². The van der Waals surface area contributed by atoms with Crippen LogP contribution in [0.2, 0.25) is 0 Å². The number of halogens is 1. The van der Waals surface area contributed by atoms with Gasteiger partial charge in [0.15, 0.2) is 0 Å². The van der Waals surface area contributed by atoms with Gasteiger partial charge in [-0.3, -0.25) is 4.79 Å². The molecule has 2 atom stereocenters. The molecule has 3 heteroatoms.